The topological polar surface area (TPSA) is 105 Å². The van der Waals surface area contributed by atoms with Gasteiger partial charge in [-0.15, -0.1) is 0 Å². The quantitative estimate of drug-likeness (QED) is 0.197. The molecule has 0 saturated carbocycles. The summed E-state index contributed by atoms with van der Waals surface area (Å²) in [5.41, 5.74) is 2.81. The summed E-state index contributed by atoms with van der Waals surface area (Å²) in [6.07, 6.45) is 3.84. The van der Waals surface area contributed by atoms with Crippen molar-refractivity contribution < 1.29 is 19.1 Å². The van der Waals surface area contributed by atoms with Gasteiger partial charge in [0.1, 0.15) is 17.2 Å². The van der Waals surface area contributed by atoms with Gasteiger partial charge in [0.25, 0.3) is 5.91 Å². The van der Waals surface area contributed by atoms with E-state index < -0.39 is 0 Å². The summed E-state index contributed by atoms with van der Waals surface area (Å²) in [6, 6.07) is 10.7. The molecule has 0 atom stereocenters. The fourth-order valence-corrected chi connectivity index (χ4v) is 5.18. The average Bonchev–Trinajstić information content (AvgIpc) is 2.93. The summed E-state index contributed by atoms with van der Waals surface area (Å²) < 4.78 is 13.2. The van der Waals surface area contributed by atoms with E-state index in [-0.39, 0.29) is 11.9 Å². The summed E-state index contributed by atoms with van der Waals surface area (Å²) in [6.45, 7) is 7.50. The lowest BCUT2D eigenvalue weighted by atomic mass is 9.98. The zero-order chi connectivity index (χ0) is 27.8. The van der Waals surface area contributed by atoms with E-state index in [1.165, 1.54) is 0 Å². The summed E-state index contributed by atoms with van der Waals surface area (Å²) in [5, 5.41) is 9.23. The first-order chi connectivity index (χ1) is 18.9. The Labute approximate surface area is 243 Å². The van der Waals surface area contributed by atoms with E-state index in [1.807, 2.05) is 38.1 Å². The van der Waals surface area contributed by atoms with Gasteiger partial charge in [-0.05, 0) is 88.6 Å². The predicted molar refractivity (Wildman–Crippen MR) is 162 cm³/mol. The van der Waals surface area contributed by atoms with Crippen molar-refractivity contribution in [3.8, 4) is 17.2 Å². The molecule has 2 heterocycles. The Morgan fingerprint density at radius 2 is 1.82 bits per heavy atom. The molecule has 0 bridgehead atoms. The number of alkyl halides is 1. The molecular weight excluding hydrogens is 609 g/mol. The number of nitrogens with one attached hydrogen (secondary N) is 3. The molecule has 0 unspecified atom stereocenters. The molecule has 2 aromatic carbocycles. The van der Waals surface area contributed by atoms with Crippen LogP contribution in [0.5, 0.6) is 17.2 Å². The molecule has 1 aliphatic heterocycles. The molecule has 4 rings (SSSR count). The molecule has 1 fully saturated rings. The predicted octanol–water partition coefficient (Wildman–Crippen LogP) is 5.57. The number of piperidine rings is 1. The molecule has 3 aromatic rings. The highest BCUT2D eigenvalue weighted by Gasteiger charge is 2.21. The summed E-state index contributed by atoms with van der Waals surface area (Å²) >= 11 is 2.26. The molecule has 0 aliphatic carbocycles. The van der Waals surface area contributed by atoms with Crippen molar-refractivity contribution in [2.45, 2.75) is 31.1 Å². The van der Waals surface area contributed by atoms with Crippen LogP contribution in [0.15, 0.2) is 42.6 Å². The molecule has 10 heteroatoms. The minimum atomic E-state index is -0.246. The van der Waals surface area contributed by atoms with Crippen LogP contribution in [0.3, 0.4) is 0 Å². The Balaban J connectivity index is 1.61. The summed E-state index contributed by atoms with van der Waals surface area (Å²) in [4.78, 5) is 31.9. The minimum Gasteiger partial charge on any atom is -0.492 e. The Morgan fingerprint density at radius 3 is 2.54 bits per heavy atom. The fraction of sp³-hybridized carbons (Fsp3) is 0.414. The third-order valence-electron chi connectivity index (χ3n) is 6.73. The molecule has 3 amide bonds. The number of anilines is 1. The maximum Gasteiger partial charge on any atom is 0.319 e. The van der Waals surface area contributed by atoms with Crippen LogP contribution in [0.4, 0.5) is 10.5 Å². The molecule has 9 nitrogen and oxygen atoms in total. The monoisotopic (exact) mass is 645 g/mol. The average molecular weight is 646 g/mol. The third-order valence-corrected chi connectivity index (χ3v) is 7.55. The van der Waals surface area contributed by atoms with E-state index >= 15 is 0 Å². The number of amides is 3. The van der Waals surface area contributed by atoms with Crippen LogP contribution in [-0.2, 0) is 4.43 Å². The van der Waals surface area contributed by atoms with E-state index in [0.717, 1.165) is 37.2 Å². The number of pyridine rings is 1. The molecule has 1 aliphatic rings. The van der Waals surface area contributed by atoms with Gasteiger partial charge in [-0.2, -0.15) is 0 Å². The highest BCUT2D eigenvalue weighted by Crippen LogP contribution is 2.35. The number of aromatic nitrogens is 1. The first-order valence-electron chi connectivity index (χ1n) is 13.4. The van der Waals surface area contributed by atoms with E-state index in [0.29, 0.717) is 63.8 Å². The maximum atomic E-state index is 13.0. The van der Waals surface area contributed by atoms with E-state index in [1.54, 1.807) is 18.3 Å². The number of fused-ring (bicyclic) bond motifs is 1. The van der Waals surface area contributed by atoms with Crippen molar-refractivity contribution in [2.24, 2.45) is 5.92 Å². The number of benzene rings is 2. The van der Waals surface area contributed by atoms with Crippen molar-refractivity contribution in [3.05, 3.63) is 53.7 Å². The van der Waals surface area contributed by atoms with E-state index in [4.69, 9.17) is 9.47 Å². The summed E-state index contributed by atoms with van der Waals surface area (Å²) in [5.74, 6) is 2.00. The standard InChI is InChI=1S/C29H36IN5O4/c1-4-31-28(36)23-15-22-25(16-27(23)38-18-19-9-12-35(3)13-10-19)33-11-8-26(22)39-21-6-7-24(20(14-21)17-30)34-29(37)32-5-2/h6-8,11,14-16,19H,4-5,9-10,12-13,17-18H2,1-3H3,(H,31,36)(H2,32,34,37). The van der Waals surface area contributed by atoms with Crippen LogP contribution in [0.25, 0.3) is 10.9 Å². The van der Waals surface area contributed by atoms with Crippen LogP contribution in [-0.4, -0.2) is 61.7 Å². The number of carbonyl (C=O) groups excluding carboxylic acids is 2. The number of carbonyl (C=O) groups is 2. The number of ether oxygens (including phenoxy) is 2. The van der Waals surface area contributed by atoms with Gasteiger partial charge in [0, 0.05) is 40.9 Å². The lowest BCUT2D eigenvalue weighted by Gasteiger charge is -2.29. The summed E-state index contributed by atoms with van der Waals surface area (Å²) in [7, 11) is 2.14. The number of rotatable bonds is 10. The smallest absolute Gasteiger partial charge is 0.319 e. The number of nitrogens with zero attached hydrogens (tertiary/aromatic N) is 2. The van der Waals surface area contributed by atoms with Crippen molar-refractivity contribution in [2.75, 3.05) is 45.2 Å². The largest absolute Gasteiger partial charge is 0.492 e. The lowest BCUT2D eigenvalue weighted by Crippen LogP contribution is -2.32. The van der Waals surface area contributed by atoms with Gasteiger partial charge in [-0.1, -0.05) is 22.6 Å². The molecule has 3 N–H and O–H groups in total. The van der Waals surface area contributed by atoms with E-state index in [2.05, 4.69) is 55.5 Å². The van der Waals surface area contributed by atoms with Crippen LogP contribution in [0.1, 0.15) is 42.6 Å². The van der Waals surface area contributed by atoms with Crippen molar-refractivity contribution >= 4 is 51.1 Å². The fourth-order valence-electron chi connectivity index (χ4n) is 4.55. The second kappa shape index (κ2) is 13.8. The zero-order valence-electron chi connectivity index (χ0n) is 22.7. The van der Waals surface area contributed by atoms with Crippen molar-refractivity contribution in [1.82, 2.24) is 20.5 Å². The molecule has 0 spiro atoms. The number of hydrogen-bond acceptors (Lipinski definition) is 6. The van der Waals surface area contributed by atoms with Gasteiger partial charge >= 0.3 is 6.03 Å². The van der Waals surface area contributed by atoms with Crippen LogP contribution >= 0.6 is 22.6 Å². The molecule has 0 radical (unpaired) electrons. The van der Waals surface area contributed by atoms with Gasteiger partial charge in [-0.3, -0.25) is 9.78 Å². The number of hydrogen-bond donors (Lipinski definition) is 3. The molecule has 1 saturated heterocycles. The van der Waals surface area contributed by atoms with Crippen LogP contribution in [0.2, 0.25) is 0 Å². The number of halogens is 1. The Kier molecular flexibility index (Phi) is 10.2. The maximum absolute atomic E-state index is 13.0. The van der Waals surface area contributed by atoms with Gasteiger partial charge in [0.2, 0.25) is 0 Å². The Hall–Kier alpha value is -3.12. The van der Waals surface area contributed by atoms with Gasteiger partial charge in [-0.25, -0.2) is 4.79 Å². The lowest BCUT2D eigenvalue weighted by molar-refractivity contribution is 0.0949. The second-order valence-corrected chi connectivity index (χ2v) is 10.4. The van der Waals surface area contributed by atoms with Crippen molar-refractivity contribution in [1.29, 1.82) is 0 Å². The van der Waals surface area contributed by atoms with Gasteiger partial charge in [0.05, 0.1) is 17.7 Å². The molecule has 208 valence electrons. The highest BCUT2D eigenvalue weighted by atomic mass is 127. The molecule has 1 aromatic heterocycles. The SMILES string of the molecule is CCNC(=O)Nc1ccc(Oc2ccnc3cc(OCC4CCN(C)CC4)c(C(=O)NCC)cc23)cc1CI. The molecular formula is C29H36IN5O4. The van der Waals surface area contributed by atoms with Crippen LogP contribution in [0, 0.1) is 5.92 Å². The van der Waals surface area contributed by atoms with Crippen LogP contribution < -0.4 is 25.4 Å². The zero-order valence-corrected chi connectivity index (χ0v) is 24.8. The first kappa shape index (κ1) is 28.9. The molecule has 39 heavy (non-hydrogen) atoms. The normalized spacial score (nSPS) is 14.2. The van der Waals surface area contributed by atoms with Crippen molar-refractivity contribution in [3.63, 3.8) is 0 Å². The first-order valence-corrected chi connectivity index (χ1v) is 14.9. The second-order valence-electron chi connectivity index (χ2n) is 9.63. The third kappa shape index (κ3) is 7.51. The Bertz CT molecular complexity index is 1310. The minimum absolute atomic E-state index is 0.194. The number of urea groups is 1. The van der Waals surface area contributed by atoms with Gasteiger partial charge in [0.15, 0.2) is 0 Å². The highest BCUT2D eigenvalue weighted by molar-refractivity contribution is 14.1. The number of likely N-dealkylation sites (tertiary alicyclic amines) is 1. The Morgan fingerprint density at radius 1 is 1.05 bits per heavy atom. The van der Waals surface area contributed by atoms with Gasteiger partial charge < -0.3 is 30.3 Å². The van der Waals surface area contributed by atoms with E-state index in [9.17, 15) is 9.59 Å².